The molecule has 1 aromatic carbocycles. The number of nitrogens with zero attached hydrogens (tertiary/aromatic N) is 2. The Hall–Kier alpha value is -2.57. The lowest BCUT2D eigenvalue weighted by Crippen LogP contribution is -2.13. The van der Waals surface area contributed by atoms with Gasteiger partial charge < -0.3 is 4.98 Å². The van der Waals surface area contributed by atoms with Crippen LogP contribution < -0.4 is 5.56 Å². The highest BCUT2D eigenvalue weighted by molar-refractivity contribution is 5.82. The second-order valence-corrected chi connectivity index (χ2v) is 4.60. The van der Waals surface area contributed by atoms with Crippen molar-refractivity contribution in [2.24, 2.45) is 0 Å². The molecule has 0 atom stereocenters. The van der Waals surface area contributed by atoms with E-state index >= 15 is 0 Å². The fraction of sp³-hybridized carbons (Fsp3) is 0.143. The van der Waals surface area contributed by atoms with Gasteiger partial charge in [-0.1, -0.05) is 18.2 Å². The normalized spacial score (nSPS) is 12.0. The highest BCUT2D eigenvalue weighted by atomic mass is 19.4. The van der Waals surface area contributed by atoms with E-state index in [2.05, 4.69) is 10.1 Å². The van der Waals surface area contributed by atoms with Crippen molar-refractivity contribution >= 4 is 11.0 Å². The number of pyridine rings is 1. The van der Waals surface area contributed by atoms with Crippen LogP contribution in [0.5, 0.6) is 0 Å². The van der Waals surface area contributed by atoms with Crippen molar-refractivity contribution in [1.29, 1.82) is 0 Å². The number of fused-ring (bicyclic) bond motifs is 1. The second kappa shape index (κ2) is 4.47. The number of aromatic nitrogens is 3. The van der Waals surface area contributed by atoms with E-state index < -0.39 is 17.3 Å². The maximum absolute atomic E-state index is 13.1. The molecule has 0 radical (unpaired) electrons. The summed E-state index contributed by atoms with van der Waals surface area (Å²) in [7, 11) is 0. The molecule has 0 aliphatic rings. The van der Waals surface area contributed by atoms with Crippen LogP contribution in [-0.2, 0) is 6.18 Å². The van der Waals surface area contributed by atoms with Gasteiger partial charge in [-0.15, -0.1) is 5.10 Å². The summed E-state index contributed by atoms with van der Waals surface area (Å²) in [5, 5.41) is 3.99. The lowest BCUT2D eigenvalue weighted by molar-refractivity contribution is -0.136. The predicted molar refractivity (Wildman–Crippen MR) is 71.4 cm³/mol. The number of nitrogens with one attached hydrogen (secondary N) is 1. The summed E-state index contributed by atoms with van der Waals surface area (Å²) in [6.45, 7) is 1.54. The summed E-state index contributed by atoms with van der Waals surface area (Å²) in [6, 6.07) is 9.33. The summed E-state index contributed by atoms with van der Waals surface area (Å²) >= 11 is 0. The third-order valence-corrected chi connectivity index (χ3v) is 3.21. The number of alkyl halides is 3. The van der Waals surface area contributed by atoms with Crippen LogP contribution in [0, 0.1) is 6.92 Å². The molecule has 1 N–H and O–H groups in total. The molecule has 0 bridgehead atoms. The Morgan fingerprint density at radius 2 is 1.86 bits per heavy atom. The molecule has 2 heterocycles. The average molecular weight is 293 g/mol. The van der Waals surface area contributed by atoms with E-state index in [1.165, 1.54) is 11.6 Å². The minimum Gasteiger partial charge on any atom is -0.305 e. The summed E-state index contributed by atoms with van der Waals surface area (Å²) in [5.41, 5.74) is -0.926. The van der Waals surface area contributed by atoms with Gasteiger partial charge in [-0.2, -0.15) is 13.2 Å². The third-order valence-electron chi connectivity index (χ3n) is 3.21. The number of para-hydroxylation sites is 1. The van der Waals surface area contributed by atoms with Crippen LogP contribution in [-0.4, -0.2) is 14.8 Å². The van der Waals surface area contributed by atoms with Crippen LogP contribution in [0.2, 0.25) is 0 Å². The highest BCUT2D eigenvalue weighted by Crippen LogP contribution is 2.35. The van der Waals surface area contributed by atoms with Gasteiger partial charge in [0.25, 0.3) is 0 Å². The Bertz CT molecular complexity index is 863. The van der Waals surface area contributed by atoms with Crippen LogP contribution in [0.15, 0.2) is 41.2 Å². The smallest absolute Gasteiger partial charge is 0.305 e. The van der Waals surface area contributed by atoms with Crippen molar-refractivity contribution in [1.82, 2.24) is 14.8 Å². The number of rotatable bonds is 1. The predicted octanol–water partition coefficient (Wildman–Crippen LogP) is 3.04. The molecule has 2 aromatic heterocycles. The van der Waals surface area contributed by atoms with Gasteiger partial charge in [0.05, 0.1) is 22.3 Å². The first kappa shape index (κ1) is 13.4. The summed E-state index contributed by atoms with van der Waals surface area (Å²) < 4.78 is 40.7. The monoisotopic (exact) mass is 293 g/mol. The minimum absolute atomic E-state index is 0.0730. The fourth-order valence-corrected chi connectivity index (χ4v) is 2.31. The minimum atomic E-state index is -4.61. The summed E-state index contributed by atoms with van der Waals surface area (Å²) in [4.78, 5) is 13.7. The molecule has 3 aromatic rings. The van der Waals surface area contributed by atoms with Gasteiger partial charge in [-0.3, -0.25) is 4.79 Å². The number of halogens is 3. The average Bonchev–Trinajstić information content (AvgIpc) is 2.75. The van der Waals surface area contributed by atoms with Crippen molar-refractivity contribution in [3.8, 4) is 5.69 Å². The van der Waals surface area contributed by atoms with Crippen molar-refractivity contribution in [3.63, 3.8) is 0 Å². The van der Waals surface area contributed by atoms with Crippen LogP contribution >= 0.6 is 0 Å². The molecule has 0 fully saturated rings. The van der Waals surface area contributed by atoms with E-state index in [4.69, 9.17) is 0 Å². The molecule has 108 valence electrons. The second-order valence-electron chi connectivity index (χ2n) is 4.60. The van der Waals surface area contributed by atoms with E-state index in [1.807, 2.05) is 0 Å². The maximum atomic E-state index is 13.1. The summed E-state index contributed by atoms with van der Waals surface area (Å²) in [5.74, 6) is 0. The first-order valence-corrected chi connectivity index (χ1v) is 6.13. The Morgan fingerprint density at radius 3 is 2.48 bits per heavy atom. The van der Waals surface area contributed by atoms with Gasteiger partial charge in [0, 0.05) is 6.07 Å². The summed E-state index contributed by atoms with van der Waals surface area (Å²) in [6.07, 6.45) is -4.61. The Labute approximate surface area is 116 Å². The van der Waals surface area contributed by atoms with Crippen molar-refractivity contribution in [3.05, 3.63) is 58.0 Å². The standard InChI is InChI=1S/C14H10F3N3O/c1-8-12-10(14(15,16)17)7-11(21)18-13(12)19-20(8)9-5-3-2-4-6-9/h2-7H,1H3,(H,18,19,21). The number of H-pyrrole nitrogens is 1. The molecular formula is C14H10F3N3O. The highest BCUT2D eigenvalue weighted by Gasteiger charge is 2.35. The lowest BCUT2D eigenvalue weighted by Gasteiger charge is -2.08. The van der Waals surface area contributed by atoms with E-state index in [1.54, 1.807) is 30.3 Å². The van der Waals surface area contributed by atoms with Gasteiger partial charge in [-0.05, 0) is 19.1 Å². The van der Waals surface area contributed by atoms with Crippen LogP contribution in [0.4, 0.5) is 13.2 Å². The van der Waals surface area contributed by atoms with Crippen molar-refractivity contribution in [2.75, 3.05) is 0 Å². The Morgan fingerprint density at radius 1 is 1.19 bits per heavy atom. The molecule has 0 aliphatic heterocycles. The Kier molecular flexibility index (Phi) is 2.86. The van der Waals surface area contributed by atoms with Crippen molar-refractivity contribution < 1.29 is 13.2 Å². The number of aromatic amines is 1. The first-order valence-electron chi connectivity index (χ1n) is 6.13. The van der Waals surface area contributed by atoms with E-state index in [0.717, 1.165) is 0 Å². The molecular weight excluding hydrogens is 283 g/mol. The zero-order chi connectivity index (χ0) is 15.2. The SMILES string of the molecule is Cc1c2c(C(F)(F)F)cc(=O)[nH]c2nn1-c1ccccc1. The largest absolute Gasteiger partial charge is 0.417 e. The lowest BCUT2D eigenvalue weighted by atomic mass is 10.1. The van der Waals surface area contributed by atoms with Gasteiger partial charge in [0.2, 0.25) is 5.56 Å². The number of aryl methyl sites for hydroxylation is 1. The molecule has 4 nitrogen and oxygen atoms in total. The van der Waals surface area contributed by atoms with E-state index in [9.17, 15) is 18.0 Å². The van der Waals surface area contributed by atoms with Crippen LogP contribution in [0.25, 0.3) is 16.7 Å². The van der Waals surface area contributed by atoms with Crippen LogP contribution in [0.1, 0.15) is 11.3 Å². The zero-order valence-corrected chi connectivity index (χ0v) is 10.9. The van der Waals surface area contributed by atoms with E-state index in [0.29, 0.717) is 17.4 Å². The number of hydrogen-bond donors (Lipinski definition) is 1. The fourth-order valence-electron chi connectivity index (χ4n) is 2.31. The van der Waals surface area contributed by atoms with Crippen LogP contribution in [0.3, 0.4) is 0 Å². The molecule has 0 saturated heterocycles. The molecule has 7 heteroatoms. The van der Waals surface area contributed by atoms with Gasteiger partial charge in [0.1, 0.15) is 0 Å². The number of hydrogen-bond acceptors (Lipinski definition) is 2. The molecule has 0 aliphatic carbocycles. The quantitative estimate of drug-likeness (QED) is 0.749. The molecule has 0 saturated carbocycles. The molecule has 0 spiro atoms. The number of benzene rings is 1. The molecule has 3 rings (SSSR count). The molecule has 21 heavy (non-hydrogen) atoms. The van der Waals surface area contributed by atoms with Gasteiger partial charge in [-0.25, -0.2) is 4.68 Å². The molecule has 0 unspecified atom stereocenters. The van der Waals surface area contributed by atoms with E-state index in [-0.39, 0.29) is 11.0 Å². The zero-order valence-electron chi connectivity index (χ0n) is 10.9. The topological polar surface area (TPSA) is 50.7 Å². The third kappa shape index (κ3) is 2.20. The van der Waals surface area contributed by atoms with Gasteiger partial charge >= 0.3 is 6.18 Å². The molecule has 0 amide bonds. The Balaban J connectivity index is 2.38. The van der Waals surface area contributed by atoms with Gasteiger partial charge in [0.15, 0.2) is 5.65 Å². The maximum Gasteiger partial charge on any atom is 0.417 e. The van der Waals surface area contributed by atoms with Crippen molar-refractivity contribution in [2.45, 2.75) is 13.1 Å². The first-order chi connectivity index (χ1) is 9.88.